The number of hydrogen-bond donors (Lipinski definition) is 4. The zero-order valence-corrected chi connectivity index (χ0v) is 18.0. The van der Waals surface area contributed by atoms with Gasteiger partial charge in [0.05, 0.1) is 20.6 Å². The Morgan fingerprint density at radius 2 is 1.52 bits per heavy atom. The fourth-order valence-corrected chi connectivity index (χ4v) is 3.84. The highest BCUT2D eigenvalue weighted by molar-refractivity contribution is 7.92. The third-order valence-corrected chi connectivity index (χ3v) is 6.17. The number of benzene rings is 3. The van der Waals surface area contributed by atoms with Crippen LogP contribution in [0.5, 0.6) is 11.5 Å². The quantitative estimate of drug-likeness (QED) is 0.298. The number of rotatable bonds is 6. The number of nitrogens with one attached hydrogen (secondary N) is 2. The van der Waals surface area contributed by atoms with Crippen LogP contribution in [0.1, 0.15) is 5.56 Å². The Hall–Kier alpha value is -3.20. The van der Waals surface area contributed by atoms with E-state index in [0.29, 0.717) is 16.3 Å². The van der Waals surface area contributed by atoms with Gasteiger partial charge in [-0.2, -0.15) is 0 Å². The molecule has 0 radical (unpaired) electrons. The number of amides is 1. The second-order valence-electron chi connectivity index (χ2n) is 6.33. The molecule has 0 saturated heterocycles. The Morgan fingerprint density at radius 3 is 2.16 bits per heavy atom. The van der Waals surface area contributed by atoms with Gasteiger partial charge in [-0.25, -0.2) is 8.42 Å². The summed E-state index contributed by atoms with van der Waals surface area (Å²) in [7, 11) is -3.86. The lowest BCUT2D eigenvalue weighted by molar-refractivity contribution is -0.111. The van der Waals surface area contributed by atoms with E-state index in [1.807, 2.05) is 0 Å². The molecule has 160 valence electrons. The van der Waals surface area contributed by atoms with E-state index in [2.05, 4.69) is 10.0 Å². The molecule has 0 spiro atoms. The Morgan fingerprint density at radius 1 is 0.839 bits per heavy atom. The minimum absolute atomic E-state index is 0.00770. The maximum atomic E-state index is 12.5. The summed E-state index contributed by atoms with van der Waals surface area (Å²) in [6, 6.07) is 14.1. The maximum absolute atomic E-state index is 12.5. The third kappa shape index (κ3) is 5.91. The lowest BCUT2D eigenvalue weighted by Crippen LogP contribution is -2.13. The highest BCUT2D eigenvalue weighted by Gasteiger charge is 2.15. The number of carbonyl (C=O) groups is 1. The summed E-state index contributed by atoms with van der Waals surface area (Å²) in [5.74, 6) is -1.02. The van der Waals surface area contributed by atoms with Crippen LogP contribution in [0.3, 0.4) is 0 Å². The molecule has 0 aliphatic carbocycles. The molecule has 7 nitrogen and oxygen atoms in total. The van der Waals surface area contributed by atoms with Crippen molar-refractivity contribution < 1.29 is 23.4 Å². The first kappa shape index (κ1) is 22.5. The Bertz CT molecular complexity index is 1260. The van der Waals surface area contributed by atoms with Crippen molar-refractivity contribution in [1.29, 1.82) is 0 Å². The van der Waals surface area contributed by atoms with Crippen molar-refractivity contribution in [1.82, 2.24) is 0 Å². The van der Waals surface area contributed by atoms with E-state index < -0.39 is 15.9 Å². The number of aromatic hydroxyl groups is 2. The van der Waals surface area contributed by atoms with Crippen molar-refractivity contribution in [3.05, 3.63) is 82.3 Å². The molecule has 1 amide bonds. The molecular weight excluding hydrogens is 463 g/mol. The average Bonchev–Trinajstić information content (AvgIpc) is 2.72. The molecule has 31 heavy (non-hydrogen) atoms. The summed E-state index contributed by atoms with van der Waals surface area (Å²) >= 11 is 11.7. The first-order chi connectivity index (χ1) is 14.6. The molecule has 0 saturated carbocycles. The first-order valence-corrected chi connectivity index (χ1v) is 11.0. The highest BCUT2D eigenvalue weighted by Crippen LogP contribution is 2.27. The van der Waals surface area contributed by atoms with Gasteiger partial charge in [-0.15, -0.1) is 0 Å². The number of phenols is 2. The van der Waals surface area contributed by atoms with Crippen LogP contribution in [0, 0.1) is 0 Å². The molecule has 3 aromatic rings. The van der Waals surface area contributed by atoms with Gasteiger partial charge in [0.1, 0.15) is 0 Å². The van der Waals surface area contributed by atoms with Gasteiger partial charge < -0.3 is 15.5 Å². The summed E-state index contributed by atoms with van der Waals surface area (Å²) in [5, 5.41) is 21.9. The summed E-state index contributed by atoms with van der Waals surface area (Å²) in [5.41, 5.74) is 1.16. The number of anilines is 2. The van der Waals surface area contributed by atoms with Gasteiger partial charge in [0.2, 0.25) is 5.91 Å². The predicted octanol–water partition coefficient (Wildman–Crippen LogP) is 4.86. The zero-order valence-electron chi connectivity index (χ0n) is 15.7. The number of carbonyl (C=O) groups excluding carboxylic acids is 1. The number of phenolic OH excluding ortho intramolecular Hbond substituents is 2. The van der Waals surface area contributed by atoms with Gasteiger partial charge in [0, 0.05) is 11.8 Å². The van der Waals surface area contributed by atoms with E-state index in [4.69, 9.17) is 23.2 Å². The van der Waals surface area contributed by atoms with Crippen LogP contribution >= 0.6 is 23.2 Å². The topological polar surface area (TPSA) is 116 Å². The van der Waals surface area contributed by atoms with Crippen LogP contribution in [0.15, 0.2) is 71.6 Å². The van der Waals surface area contributed by atoms with Crippen LogP contribution in [0.25, 0.3) is 6.08 Å². The number of hydrogen-bond acceptors (Lipinski definition) is 5. The van der Waals surface area contributed by atoms with Crippen molar-refractivity contribution in [3.8, 4) is 11.5 Å². The summed E-state index contributed by atoms with van der Waals surface area (Å²) < 4.78 is 27.4. The molecule has 0 fully saturated rings. The van der Waals surface area contributed by atoms with E-state index in [-0.39, 0.29) is 27.1 Å². The third-order valence-electron chi connectivity index (χ3n) is 4.03. The Labute approximate surface area is 188 Å². The smallest absolute Gasteiger partial charge is 0.261 e. The minimum atomic E-state index is -3.86. The van der Waals surface area contributed by atoms with Gasteiger partial charge in [-0.05, 0) is 66.2 Å². The van der Waals surface area contributed by atoms with Crippen molar-refractivity contribution in [2.24, 2.45) is 0 Å². The minimum Gasteiger partial charge on any atom is -0.504 e. The molecule has 4 N–H and O–H groups in total. The van der Waals surface area contributed by atoms with Gasteiger partial charge in [-0.3, -0.25) is 9.52 Å². The molecule has 0 atom stereocenters. The SMILES string of the molecule is O=C(/C=C/c1ccc(O)c(O)c1)Nc1ccc(S(=O)(=O)Nc2ccc(Cl)c(Cl)c2)cc1. The molecule has 0 unspecified atom stereocenters. The van der Waals surface area contributed by atoms with Gasteiger partial charge in [-0.1, -0.05) is 29.3 Å². The van der Waals surface area contributed by atoms with E-state index in [0.717, 1.165) is 0 Å². The predicted molar refractivity (Wildman–Crippen MR) is 121 cm³/mol. The number of halogens is 2. The summed E-state index contributed by atoms with van der Waals surface area (Å²) in [6.45, 7) is 0. The molecule has 3 rings (SSSR count). The molecule has 0 aliphatic heterocycles. The van der Waals surface area contributed by atoms with Crippen molar-refractivity contribution in [2.45, 2.75) is 4.90 Å². The maximum Gasteiger partial charge on any atom is 0.261 e. The molecule has 10 heteroatoms. The van der Waals surface area contributed by atoms with Crippen molar-refractivity contribution in [3.63, 3.8) is 0 Å². The van der Waals surface area contributed by atoms with E-state index in [9.17, 15) is 23.4 Å². The van der Waals surface area contributed by atoms with Gasteiger partial charge in [0.15, 0.2) is 11.5 Å². The molecule has 0 bridgehead atoms. The standard InChI is InChI=1S/C21H16Cl2N2O5S/c22-17-8-5-15(12-18(17)23)25-31(29,30)16-6-3-14(4-7-16)24-21(28)10-2-13-1-9-19(26)20(27)11-13/h1-12,25-27H,(H,24,28)/b10-2+. The van der Waals surface area contributed by atoms with E-state index in [1.54, 1.807) is 0 Å². The monoisotopic (exact) mass is 478 g/mol. The lowest BCUT2D eigenvalue weighted by Gasteiger charge is -2.10. The Kier molecular flexibility index (Phi) is 6.74. The van der Waals surface area contributed by atoms with Crippen molar-refractivity contribution in [2.75, 3.05) is 10.0 Å². The van der Waals surface area contributed by atoms with Gasteiger partial charge in [0.25, 0.3) is 10.0 Å². The van der Waals surface area contributed by atoms with Gasteiger partial charge >= 0.3 is 0 Å². The second-order valence-corrected chi connectivity index (χ2v) is 8.83. The molecule has 0 aromatic heterocycles. The van der Waals surface area contributed by atoms with Crippen LogP contribution < -0.4 is 10.0 Å². The highest BCUT2D eigenvalue weighted by atomic mass is 35.5. The summed E-state index contributed by atoms with van der Waals surface area (Å²) in [6.07, 6.45) is 2.69. The lowest BCUT2D eigenvalue weighted by atomic mass is 10.2. The largest absolute Gasteiger partial charge is 0.504 e. The normalized spacial score (nSPS) is 11.4. The fraction of sp³-hybridized carbons (Fsp3) is 0. The summed E-state index contributed by atoms with van der Waals surface area (Å²) in [4.78, 5) is 12.0. The molecule has 0 heterocycles. The molecule has 3 aromatic carbocycles. The van der Waals surface area contributed by atoms with Crippen LogP contribution in [-0.2, 0) is 14.8 Å². The number of sulfonamides is 1. The second kappa shape index (κ2) is 9.30. The average molecular weight is 479 g/mol. The first-order valence-electron chi connectivity index (χ1n) is 8.73. The van der Waals surface area contributed by atoms with Crippen LogP contribution in [0.4, 0.5) is 11.4 Å². The molecule has 0 aliphatic rings. The fourth-order valence-electron chi connectivity index (χ4n) is 2.49. The van der Waals surface area contributed by atoms with E-state index >= 15 is 0 Å². The van der Waals surface area contributed by atoms with E-state index in [1.165, 1.54) is 72.8 Å². The Balaban J connectivity index is 1.66. The van der Waals surface area contributed by atoms with Crippen LogP contribution in [-0.4, -0.2) is 24.5 Å². The van der Waals surface area contributed by atoms with Crippen LogP contribution in [0.2, 0.25) is 10.0 Å². The zero-order chi connectivity index (χ0) is 22.6. The van der Waals surface area contributed by atoms with Crippen molar-refractivity contribution >= 4 is 56.6 Å². The molecular formula is C21H16Cl2N2O5S.